The number of unbranched alkanes of at least 4 members (excludes halogenated alkanes) is 1. The molecule has 1 aromatic heterocycles. The summed E-state index contributed by atoms with van der Waals surface area (Å²) in [5.41, 5.74) is 2.25. The third-order valence-electron chi connectivity index (χ3n) is 5.08. The molecule has 3 N–H and O–H groups in total. The van der Waals surface area contributed by atoms with Gasteiger partial charge in [0.1, 0.15) is 17.1 Å². The molecule has 3 aromatic rings. The lowest BCUT2D eigenvalue weighted by Crippen LogP contribution is -2.29. The molecule has 0 aliphatic rings. The molecule has 168 valence electrons. The number of carbonyl (C=O) groups excluding carboxylic acids is 2. The zero-order valence-corrected chi connectivity index (χ0v) is 17.6. The molecule has 3 rings (SSSR count). The van der Waals surface area contributed by atoms with E-state index in [9.17, 15) is 18.8 Å². The van der Waals surface area contributed by atoms with Crippen LogP contribution in [-0.4, -0.2) is 28.7 Å². The Balaban J connectivity index is 1.82. The number of halogens is 1. The van der Waals surface area contributed by atoms with E-state index in [0.29, 0.717) is 30.7 Å². The lowest BCUT2D eigenvalue weighted by Gasteiger charge is -2.14. The maximum absolute atomic E-state index is 13.8. The predicted molar refractivity (Wildman–Crippen MR) is 116 cm³/mol. The van der Waals surface area contributed by atoms with E-state index in [1.165, 1.54) is 18.3 Å². The summed E-state index contributed by atoms with van der Waals surface area (Å²) in [5, 5.41) is 11.4. The summed E-state index contributed by atoms with van der Waals surface area (Å²) < 4.78 is 20.6. The fraction of sp³-hybridized carbons (Fsp3) is 0.261. The van der Waals surface area contributed by atoms with Crippen LogP contribution < -0.4 is 21.0 Å². The summed E-state index contributed by atoms with van der Waals surface area (Å²) >= 11 is 0. The number of benzene rings is 2. The van der Waals surface area contributed by atoms with E-state index < -0.39 is 23.1 Å². The first-order valence-corrected chi connectivity index (χ1v) is 10.1. The van der Waals surface area contributed by atoms with E-state index in [4.69, 9.17) is 9.94 Å². The van der Waals surface area contributed by atoms with E-state index in [0.717, 1.165) is 11.6 Å². The number of nitrogens with zero attached hydrogens (tertiary/aromatic N) is 1. The van der Waals surface area contributed by atoms with Crippen molar-refractivity contribution < 1.29 is 23.9 Å². The van der Waals surface area contributed by atoms with Crippen LogP contribution >= 0.6 is 0 Å². The van der Waals surface area contributed by atoms with Gasteiger partial charge < -0.3 is 14.6 Å². The Morgan fingerprint density at radius 2 is 1.88 bits per heavy atom. The number of carbonyl (C=O) groups is 2. The minimum Gasteiger partial charge on any atom is -0.497 e. The topological polar surface area (TPSA) is 110 Å². The number of pyridine rings is 1. The van der Waals surface area contributed by atoms with Crippen molar-refractivity contribution in [3.8, 4) is 5.75 Å². The highest BCUT2D eigenvalue weighted by molar-refractivity contribution is 5.97. The van der Waals surface area contributed by atoms with Crippen LogP contribution in [0.1, 0.15) is 35.2 Å². The molecule has 2 aromatic carbocycles. The van der Waals surface area contributed by atoms with Gasteiger partial charge in [-0.15, -0.1) is 0 Å². The average Bonchev–Trinajstić information content (AvgIpc) is 2.81. The fourth-order valence-corrected chi connectivity index (χ4v) is 3.36. The molecule has 0 spiro atoms. The first-order valence-electron chi connectivity index (χ1n) is 10.1. The van der Waals surface area contributed by atoms with E-state index in [2.05, 4.69) is 5.32 Å². The van der Waals surface area contributed by atoms with Crippen molar-refractivity contribution in [2.24, 2.45) is 0 Å². The second kappa shape index (κ2) is 10.5. The molecule has 8 nitrogen and oxygen atoms in total. The van der Waals surface area contributed by atoms with Crippen LogP contribution in [0.25, 0.3) is 10.9 Å². The molecule has 0 unspecified atom stereocenters. The first-order chi connectivity index (χ1) is 15.4. The van der Waals surface area contributed by atoms with Crippen LogP contribution in [0, 0.1) is 5.82 Å². The van der Waals surface area contributed by atoms with Gasteiger partial charge in [0.05, 0.1) is 12.6 Å². The van der Waals surface area contributed by atoms with Crippen LogP contribution in [0.15, 0.2) is 53.5 Å². The summed E-state index contributed by atoms with van der Waals surface area (Å²) in [5.74, 6) is -0.937. The Labute approximate surface area is 183 Å². The van der Waals surface area contributed by atoms with Gasteiger partial charge in [0.15, 0.2) is 0 Å². The maximum atomic E-state index is 13.8. The minimum atomic E-state index is -0.573. The van der Waals surface area contributed by atoms with E-state index >= 15 is 0 Å². The molecule has 32 heavy (non-hydrogen) atoms. The third-order valence-corrected chi connectivity index (χ3v) is 5.08. The van der Waals surface area contributed by atoms with Gasteiger partial charge in [-0.1, -0.05) is 12.1 Å². The molecule has 0 radical (unpaired) electrons. The van der Waals surface area contributed by atoms with Crippen molar-refractivity contribution in [3.05, 3.63) is 75.8 Å². The highest BCUT2D eigenvalue weighted by atomic mass is 19.1. The van der Waals surface area contributed by atoms with Gasteiger partial charge in [0.25, 0.3) is 5.91 Å². The summed E-state index contributed by atoms with van der Waals surface area (Å²) in [4.78, 5) is 36.8. The standard InChI is InChI=1S/C23H24FN3O5/c1-32-17-8-5-15(6-9-17)13-25-23(30)19-14-27(11-3-2-4-21(28)26-31)20-10-7-16(24)12-18(20)22(19)29/h5-10,12,14,31H,2-4,11,13H2,1H3,(H,25,30)(H,26,28). The molecule has 0 aliphatic heterocycles. The number of hydroxylamine groups is 1. The van der Waals surface area contributed by atoms with Gasteiger partial charge in [-0.05, 0) is 48.7 Å². The summed E-state index contributed by atoms with van der Waals surface area (Å²) in [6.45, 7) is 0.611. The molecule has 0 saturated heterocycles. The van der Waals surface area contributed by atoms with E-state index in [-0.39, 0.29) is 23.9 Å². The highest BCUT2D eigenvalue weighted by Crippen LogP contribution is 2.16. The number of hydrogen-bond donors (Lipinski definition) is 3. The van der Waals surface area contributed by atoms with Crippen LogP contribution in [0.5, 0.6) is 5.75 Å². The van der Waals surface area contributed by atoms with Gasteiger partial charge >= 0.3 is 0 Å². The van der Waals surface area contributed by atoms with Crippen molar-refractivity contribution in [2.75, 3.05) is 7.11 Å². The van der Waals surface area contributed by atoms with Crippen LogP contribution in [0.2, 0.25) is 0 Å². The first kappa shape index (κ1) is 23.0. The SMILES string of the molecule is COc1ccc(CNC(=O)c2cn(CCCCC(=O)NO)c3ccc(F)cc3c2=O)cc1. The van der Waals surface area contributed by atoms with Gasteiger partial charge in [-0.25, -0.2) is 9.87 Å². The van der Waals surface area contributed by atoms with E-state index in [1.54, 1.807) is 41.4 Å². The Hall–Kier alpha value is -3.72. The second-order valence-electron chi connectivity index (χ2n) is 7.25. The number of amides is 2. The zero-order chi connectivity index (χ0) is 23.1. The number of aryl methyl sites for hydroxylation is 1. The molecule has 0 bridgehead atoms. The molecular formula is C23H24FN3O5. The lowest BCUT2D eigenvalue weighted by molar-refractivity contribution is -0.129. The number of nitrogens with one attached hydrogen (secondary N) is 2. The van der Waals surface area contributed by atoms with Crippen molar-refractivity contribution in [3.63, 3.8) is 0 Å². The molecule has 9 heteroatoms. The monoisotopic (exact) mass is 441 g/mol. The normalized spacial score (nSPS) is 10.7. The van der Waals surface area contributed by atoms with Gasteiger partial charge in [0, 0.05) is 31.1 Å². The number of aromatic nitrogens is 1. The summed E-state index contributed by atoms with van der Waals surface area (Å²) in [6, 6.07) is 11.0. The number of hydrogen-bond acceptors (Lipinski definition) is 5. The molecule has 2 amide bonds. The number of rotatable bonds is 9. The molecule has 0 atom stereocenters. The Kier molecular flexibility index (Phi) is 7.56. The van der Waals surface area contributed by atoms with Gasteiger partial charge in [-0.2, -0.15) is 0 Å². The molecule has 0 aliphatic carbocycles. The molecule has 0 saturated carbocycles. The van der Waals surface area contributed by atoms with Crippen LogP contribution in [0.4, 0.5) is 4.39 Å². The smallest absolute Gasteiger partial charge is 0.257 e. The van der Waals surface area contributed by atoms with Crippen molar-refractivity contribution >= 4 is 22.7 Å². The third kappa shape index (κ3) is 5.50. The van der Waals surface area contributed by atoms with Gasteiger partial charge in [-0.3, -0.25) is 19.6 Å². The van der Waals surface area contributed by atoms with Crippen molar-refractivity contribution in [1.82, 2.24) is 15.4 Å². The summed E-state index contributed by atoms with van der Waals surface area (Å²) in [6.07, 6.45) is 2.63. The quantitative estimate of drug-likeness (QED) is 0.269. The largest absolute Gasteiger partial charge is 0.497 e. The lowest BCUT2D eigenvalue weighted by atomic mass is 10.1. The van der Waals surface area contributed by atoms with Crippen molar-refractivity contribution in [1.29, 1.82) is 0 Å². The predicted octanol–water partition coefficient (Wildman–Crippen LogP) is 2.75. The summed E-state index contributed by atoms with van der Waals surface area (Å²) in [7, 11) is 1.56. The molecule has 0 fully saturated rings. The Morgan fingerprint density at radius 1 is 1.12 bits per heavy atom. The van der Waals surface area contributed by atoms with Crippen molar-refractivity contribution in [2.45, 2.75) is 32.4 Å². The fourth-order valence-electron chi connectivity index (χ4n) is 3.36. The van der Waals surface area contributed by atoms with Gasteiger partial charge in [0.2, 0.25) is 11.3 Å². The molecule has 1 heterocycles. The zero-order valence-electron chi connectivity index (χ0n) is 17.6. The highest BCUT2D eigenvalue weighted by Gasteiger charge is 2.16. The number of methoxy groups -OCH3 is 1. The van der Waals surface area contributed by atoms with Crippen LogP contribution in [0.3, 0.4) is 0 Å². The molecular weight excluding hydrogens is 417 g/mol. The number of fused-ring (bicyclic) bond motifs is 1. The Bertz CT molecular complexity index is 1170. The van der Waals surface area contributed by atoms with Crippen LogP contribution in [-0.2, 0) is 17.9 Å². The number of ether oxygens (including phenoxy) is 1. The average molecular weight is 441 g/mol. The maximum Gasteiger partial charge on any atom is 0.257 e. The second-order valence-corrected chi connectivity index (χ2v) is 7.25. The Morgan fingerprint density at radius 3 is 2.56 bits per heavy atom. The van der Waals surface area contributed by atoms with E-state index in [1.807, 2.05) is 0 Å². The minimum absolute atomic E-state index is 0.0929.